The summed E-state index contributed by atoms with van der Waals surface area (Å²) < 4.78 is 0. The summed E-state index contributed by atoms with van der Waals surface area (Å²) in [4.78, 5) is 20.1. The summed E-state index contributed by atoms with van der Waals surface area (Å²) in [6, 6.07) is 5.88. The molecule has 2 N–H and O–H groups in total. The van der Waals surface area contributed by atoms with Crippen LogP contribution in [-0.4, -0.2) is 22.5 Å². The Morgan fingerprint density at radius 3 is 2.60 bits per heavy atom. The van der Waals surface area contributed by atoms with Crippen molar-refractivity contribution in [3.05, 3.63) is 34.4 Å². The van der Waals surface area contributed by atoms with E-state index in [1.165, 1.54) is 18.2 Å². The molecular weight excluding hydrogens is 224 g/mol. The lowest BCUT2D eigenvalue weighted by atomic mass is 10.2. The molecule has 0 saturated heterocycles. The van der Waals surface area contributed by atoms with Gasteiger partial charge in [-0.05, 0) is 6.07 Å². The summed E-state index contributed by atoms with van der Waals surface area (Å²) in [6.45, 7) is -0.342. The summed E-state index contributed by atoms with van der Waals surface area (Å²) in [5.41, 5.74) is 0.0775. The second-order valence-electron chi connectivity index (χ2n) is 2.52. The molecule has 0 bridgehead atoms. The lowest BCUT2D eigenvalue weighted by Gasteiger charge is -2.02. The van der Waals surface area contributed by atoms with Crippen molar-refractivity contribution in [2.75, 3.05) is 11.9 Å². The van der Waals surface area contributed by atoms with E-state index >= 15 is 0 Å². The van der Waals surface area contributed by atoms with Gasteiger partial charge in [0, 0.05) is 6.07 Å². The molecule has 1 rings (SSSR count). The molecule has 0 unspecified atom stereocenters. The van der Waals surface area contributed by atoms with Gasteiger partial charge in [-0.15, -0.1) is 12.4 Å². The minimum absolute atomic E-state index is 0. The van der Waals surface area contributed by atoms with Gasteiger partial charge in [0.2, 0.25) is 0 Å². The smallest absolute Gasteiger partial charge is 0.322 e. The number of nitrogens with zero attached hydrogens (tertiary/aromatic N) is 1. The molecule has 0 fully saturated rings. The van der Waals surface area contributed by atoms with E-state index in [0.29, 0.717) is 0 Å². The van der Waals surface area contributed by atoms with Crippen molar-refractivity contribution in [2.45, 2.75) is 0 Å². The van der Waals surface area contributed by atoms with Crippen molar-refractivity contribution >= 4 is 29.8 Å². The number of nitro groups is 1. The average Bonchev–Trinajstić information content (AvgIpc) is 2.15. The molecule has 0 aromatic heterocycles. The molecule has 0 aliphatic heterocycles. The standard InChI is InChI=1S/C8H8N2O4.ClH/c11-8(12)5-9-6-3-1-2-4-7(6)10(13)14;/h1-4,9H,5H2,(H,11,12);1H. The van der Waals surface area contributed by atoms with Crippen LogP contribution in [0, 0.1) is 10.1 Å². The van der Waals surface area contributed by atoms with Crippen molar-refractivity contribution < 1.29 is 14.8 Å². The van der Waals surface area contributed by atoms with E-state index in [0.717, 1.165) is 0 Å². The number of carboxylic acid groups (broad SMARTS) is 1. The molecule has 0 aliphatic rings. The monoisotopic (exact) mass is 232 g/mol. The van der Waals surface area contributed by atoms with Gasteiger partial charge in [-0.1, -0.05) is 12.1 Å². The third-order valence-corrected chi connectivity index (χ3v) is 1.53. The van der Waals surface area contributed by atoms with Gasteiger partial charge in [-0.25, -0.2) is 0 Å². The lowest BCUT2D eigenvalue weighted by molar-refractivity contribution is -0.383. The quantitative estimate of drug-likeness (QED) is 0.606. The molecule has 15 heavy (non-hydrogen) atoms. The maximum absolute atomic E-state index is 10.5. The first-order valence-corrected chi connectivity index (χ1v) is 3.80. The summed E-state index contributed by atoms with van der Waals surface area (Å²) >= 11 is 0. The minimum atomic E-state index is -1.07. The summed E-state index contributed by atoms with van der Waals surface area (Å²) in [5.74, 6) is -1.07. The van der Waals surface area contributed by atoms with Crippen molar-refractivity contribution in [1.82, 2.24) is 0 Å². The topological polar surface area (TPSA) is 92.5 Å². The van der Waals surface area contributed by atoms with Crippen LogP contribution in [0.5, 0.6) is 0 Å². The fraction of sp³-hybridized carbons (Fsp3) is 0.125. The van der Waals surface area contributed by atoms with E-state index < -0.39 is 10.9 Å². The number of rotatable bonds is 4. The molecule has 7 heteroatoms. The lowest BCUT2D eigenvalue weighted by Crippen LogP contribution is -2.13. The highest BCUT2D eigenvalue weighted by Crippen LogP contribution is 2.22. The van der Waals surface area contributed by atoms with Crippen LogP contribution in [-0.2, 0) is 4.79 Å². The van der Waals surface area contributed by atoms with Crippen LogP contribution >= 0.6 is 12.4 Å². The van der Waals surface area contributed by atoms with Crippen molar-refractivity contribution in [3.8, 4) is 0 Å². The largest absolute Gasteiger partial charge is 0.480 e. The Balaban J connectivity index is 0.00000196. The zero-order chi connectivity index (χ0) is 10.6. The number of hydrogen-bond acceptors (Lipinski definition) is 4. The van der Waals surface area contributed by atoms with Crippen LogP contribution in [0.15, 0.2) is 24.3 Å². The SMILES string of the molecule is Cl.O=C(O)CNc1ccccc1[N+](=O)[O-]. The Kier molecular flexibility index (Phi) is 5.11. The Hall–Kier alpha value is -1.82. The molecule has 0 aliphatic carbocycles. The molecule has 0 saturated carbocycles. The van der Waals surface area contributed by atoms with E-state index in [-0.39, 0.29) is 30.3 Å². The molecule has 0 heterocycles. The maximum atomic E-state index is 10.5. The number of anilines is 1. The average molecular weight is 233 g/mol. The van der Waals surface area contributed by atoms with Gasteiger partial charge in [-0.2, -0.15) is 0 Å². The van der Waals surface area contributed by atoms with Crippen LogP contribution in [0.25, 0.3) is 0 Å². The number of para-hydroxylation sites is 2. The Morgan fingerprint density at radius 2 is 2.07 bits per heavy atom. The number of carboxylic acids is 1. The molecule has 0 radical (unpaired) electrons. The number of nitrogens with one attached hydrogen (secondary N) is 1. The van der Waals surface area contributed by atoms with Crippen LogP contribution < -0.4 is 5.32 Å². The third-order valence-electron chi connectivity index (χ3n) is 1.53. The van der Waals surface area contributed by atoms with Gasteiger partial charge < -0.3 is 10.4 Å². The number of halogens is 1. The van der Waals surface area contributed by atoms with Gasteiger partial charge in [-0.3, -0.25) is 14.9 Å². The number of nitro benzene ring substituents is 1. The van der Waals surface area contributed by atoms with Crippen molar-refractivity contribution in [2.24, 2.45) is 0 Å². The van der Waals surface area contributed by atoms with Crippen LogP contribution in [0.4, 0.5) is 11.4 Å². The van der Waals surface area contributed by atoms with Gasteiger partial charge in [0.15, 0.2) is 0 Å². The van der Waals surface area contributed by atoms with E-state index in [4.69, 9.17) is 5.11 Å². The zero-order valence-corrected chi connectivity index (χ0v) is 8.36. The van der Waals surface area contributed by atoms with E-state index in [1.54, 1.807) is 6.07 Å². The van der Waals surface area contributed by atoms with Gasteiger partial charge in [0.1, 0.15) is 12.2 Å². The van der Waals surface area contributed by atoms with Crippen molar-refractivity contribution in [3.63, 3.8) is 0 Å². The number of aliphatic carboxylic acids is 1. The zero-order valence-electron chi connectivity index (χ0n) is 7.54. The molecule has 0 amide bonds. The maximum Gasteiger partial charge on any atom is 0.322 e. The predicted octanol–water partition coefficient (Wildman–Crippen LogP) is 1.51. The molecule has 82 valence electrons. The Bertz CT molecular complexity index is 369. The van der Waals surface area contributed by atoms with Crippen LogP contribution in [0.1, 0.15) is 0 Å². The number of benzene rings is 1. The van der Waals surface area contributed by atoms with Crippen molar-refractivity contribution in [1.29, 1.82) is 0 Å². The molecule has 0 atom stereocenters. The first-order chi connectivity index (χ1) is 6.61. The van der Waals surface area contributed by atoms with Crippen LogP contribution in [0.2, 0.25) is 0 Å². The van der Waals surface area contributed by atoms with E-state index in [2.05, 4.69) is 5.32 Å². The number of carbonyl (C=O) groups is 1. The first-order valence-electron chi connectivity index (χ1n) is 3.80. The highest BCUT2D eigenvalue weighted by atomic mass is 35.5. The van der Waals surface area contributed by atoms with Gasteiger partial charge >= 0.3 is 5.97 Å². The van der Waals surface area contributed by atoms with Gasteiger partial charge in [0.25, 0.3) is 5.69 Å². The van der Waals surface area contributed by atoms with Gasteiger partial charge in [0.05, 0.1) is 4.92 Å². The minimum Gasteiger partial charge on any atom is -0.480 e. The molecule has 0 spiro atoms. The molecular formula is C8H9ClN2O4. The second kappa shape index (κ2) is 5.82. The molecule has 1 aromatic carbocycles. The summed E-state index contributed by atoms with van der Waals surface area (Å²) in [5, 5.41) is 21.3. The Labute approximate surface area is 91.5 Å². The highest BCUT2D eigenvalue weighted by molar-refractivity contribution is 5.85. The normalized spacial score (nSPS) is 8.80. The Morgan fingerprint density at radius 1 is 1.47 bits per heavy atom. The highest BCUT2D eigenvalue weighted by Gasteiger charge is 2.12. The fourth-order valence-corrected chi connectivity index (χ4v) is 0.953. The molecule has 6 nitrogen and oxygen atoms in total. The molecule has 1 aromatic rings. The third kappa shape index (κ3) is 3.82. The van der Waals surface area contributed by atoms with E-state index in [1.807, 2.05) is 0 Å². The first kappa shape index (κ1) is 13.2. The van der Waals surface area contributed by atoms with E-state index in [9.17, 15) is 14.9 Å². The summed E-state index contributed by atoms with van der Waals surface area (Å²) in [7, 11) is 0. The van der Waals surface area contributed by atoms with Crippen LogP contribution in [0.3, 0.4) is 0 Å². The predicted molar refractivity (Wildman–Crippen MR) is 56.5 cm³/mol. The fourth-order valence-electron chi connectivity index (χ4n) is 0.953. The second-order valence-corrected chi connectivity index (χ2v) is 2.52. The summed E-state index contributed by atoms with van der Waals surface area (Å²) in [6.07, 6.45) is 0. The number of hydrogen-bond donors (Lipinski definition) is 2.